The normalized spacial score (nSPS) is 13.0. The summed E-state index contributed by atoms with van der Waals surface area (Å²) in [5.74, 6) is 0.407. The number of aliphatic hydroxyl groups excluding tert-OH is 1. The maximum atomic E-state index is 10.0. The molecule has 1 unspecified atom stereocenters. The molecule has 0 spiro atoms. The Bertz CT molecular complexity index is 364. The van der Waals surface area contributed by atoms with E-state index in [-0.39, 0.29) is 6.10 Å². The maximum Gasteiger partial charge on any atom is 0.0692 e. The van der Waals surface area contributed by atoms with Gasteiger partial charge in [0.25, 0.3) is 0 Å². The first-order chi connectivity index (χ1) is 8.58. The standard InChI is InChI=1S/C15H24BrNO/c1-4-13(5-2)15(18)10-17-9-12-6-7-14(16)11(3)8-12/h6-8,13,15,17-18H,4-5,9-10H2,1-3H3. The topological polar surface area (TPSA) is 32.3 Å². The summed E-state index contributed by atoms with van der Waals surface area (Å²) in [6.07, 6.45) is 1.84. The fourth-order valence-corrected chi connectivity index (χ4v) is 2.43. The molecule has 0 radical (unpaired) electrons. The minimum atomic E-state index is -0.239. The monoisotopic (exact) mass is 313 g/mol. The SMILES string of the molecule is CCC(CC)C(O)CNCc1ccc(Br)c(C)c1. The van der Waals surface area contributed by atoms with Crippen molar-refractivity contribution < 1.29 is 5.11 Å². The molecule has 2 nitrogen and oxygen atoms in total. The van der Waals surface area contributed by atoms with Crippen LogP contribution in [-0.2, 0) is 6.54 Å². The van der Waals surface area contributed by atoms with Crippen LogP contribution >= 0.6 is 15.9 Å². The zero-order valence-corrected chi connectivity index (χ0v) is 13.1. The highest BCUT2D eigenvalue weighted by atomic mass is 79.9. The molecule has 18 heavy (non-hydrogen) atoms. The van der Waals surface area contributed by atoms with Crippen LogP contribution in [0.15, 0.2) is 22.7 Å². The lowest BCUT2D eigenvalue weighted by Gasteiger charge is -2.20. The molecule has 0 heterocycles. The quantitative estimate of drug-likeness (QED) is 0.805. The Hall–Kier alpha value is -0.380. The van der Waals surface area contributed by atoms with Crippen LogP contribution in [0.5, 0.6) is 0 Å². The smallest absolute Gasteiger partial charge is 0.0692 e. The summed E-state index contributed by atoms with van der Waals surface area (Å²) >= 11 is 3.50. The molecule has 3 heteroatoms. The van der Waals surface area contributed by atoms with Crippen LogP contribution in [0.3, 0.4) is 0 Å². The summed E-state index contributed by atoms with van der Waals surface area (Å²) in [5, 5.41) is 13.3. The average Bonchev–Trinajstić information content (AvgIpc) is 2.35. The van der Waals surface area contributed by atoms with Crippen LogP contribution in [0.25, 0.3) is 0 Å². The Kier molecular flexibility index (Phi) is 6.90. The minimum absolute atomic E-state index is 0.239. The number of rotatable bonds is 7. The van der Waals surface area contributed by atoms with E-state index in [1.165, 1.54) is 11.1 Å². The maximum absolute atomic E-state index is 10.0. The molecule has 0 bridgehead atoms. The summed E-state index contributed by atoms with van der Waals surface area (Å²) in [5.41, 5.74) is 2.50. The Labute approximate surface area is 119 Å². The van der Waals surface area contributed by atoms with Crippen molar-refractivity contribution in [1.29, 1.82) is 0 Å². The molecular weight excluding hydrogens is 290 g/mol. The second-order valence-corrected chi connectivity index (χ2v) is 5.71. The Morgan fingerprint density at radius 1 is 1.28 bits per heavy atom. The van der Waals surface area contributed by atoms with Gasteiger partial charge in [0.15, 0.2) is 0 Å². The molecule has 102 valence electrons. The fourth-order valence-electron chi connectivity index (χ4n) is 2.18. The average molecular weight is 314 g/mol. The molecule has 1 aromatic carbocycles. The van der Waals surface area contributed by atoms with Crippen molar-refractivity contribution in [2.45, 2.75) is 46.3 Å². The predicted molar refractivity (Wildman–Crippen MR) is 80.7 cm³/mol. The van der Waals surface area contributed by atoms with Gasteiger partial charge in [-0.1, -0.05) is 54.8 Å². The van der Waals surface area contributed by atoms with Crippen molar-refractivity contribution in [2.24, 2.45) is 5.92 Å². The van der Waals surface area contributed by atoms with Gasteiger partial charge in [-0.2, -0.15) is 0 Å². The molecule has 0 aliphatic rings. The highest BCUT2D eigenvalue weighted by Crippen LogP contribution is 2.17. The number of halogens is 1. The van der Waals surface area contributed by atoms with Gasteiger partial charge in [0.05, 0.1) is 6.10 Å². The van der Waals surface area contributed by atoms with Gasteiger partial charge in [0.2, 0.25) is 0 Å². The number of aliphatic hydroxyl groups is 1. The van der Waals surface area contributed by atoms with Crippen molar-refractivity contribution >= 4 is 15.9 Å². The molecule has 1 aromatic rings. The predicted octanol–water partition coefficient (Wildman–Crippen LogP) is 3.64. The summed E-state index contributed by atoms with van der Waals surface area (Å²) in [6.45, 7) is 7.84. The number of hydrogen-bond donors (Lipinski definition) is 2. The number of hydrogen-bond acceptors (Lipinski definition) is 2. The van der Waals surface area contributed by atoms with E-state index < -0.39 is 0 Å². The van der Waals surface area contributed by atoms with Gasteiger partial charge in [0.1, 0.15) is 0 Å². The molecule has 0 aliphatic heterocycles. The molecule has 0 fully saturated rings. The molecular formula is C15H24BrNO. The minimum Gasteiger partial charge on any atom is -0.392 e. The first-order valence-corrected chi connectivity index (χ1v) is 7.51. The Balaban J connectivity index is 2.39. The molecule has 0 aromatic heterocycles. The van der Waals surface area contributed by atoms with Gasteiger partial charge in [-0.15, -0.1) is 0 Å². The van der Waals surface area contributed by atoms with E-state index in [4.69, 9.17) is 0 Å². The van der Waals surface area contributed by atoms with Crippen LogP contribution in [0.4, 0.5) is 0 Å². The summed E-state index contributed by atoms with van der Waals surface area (Å²) in [4.78, 5) is 0. The first kappa shape index (κ1) is 15.7. The van der Waals surface area contributed by atoms with Crippen molar-refractivity contribution in [3.63, 3.8) is 0 Å². The van der Waals surface area contributed by atoms with E-state index in [1.54, 1.807) is 0 Å². The fraction of sp³-hybridized carbons (Fsp3) is 0.600. The summed E-state index contributed by atoms with van der Waals surface area (Å²) in [7, 11) is 0. The van der Waals surface area contributed by atoms with Crippen LogP contribution in [0.1, 0.15) is 37.8 Å². The van der Waals surface area contributed by atoms with E-state index in [0.29, 0.717) is 12.5 Å². The number of aryl methyl sites for hydroxylation is 1. The molecule has 2 N–H and O–H groups in total. The molecule has 1 atom stereocenters. The molecule has 0 saturated heterocycles. The molecule has 0 saturated carbocycles. The Morgan fingerprint density at radius 2 is 1.94 bits per heavy atom. The zero-order valence-electron chi connectivity index (χ0n) is 11.5. The lowest BCUT2D eigenvalue weighted by atomic mass is 9.96. The van der Waals surface area contributed by atoms with Crippen molar-refractivity contribution in [3.8, 4) is 0 Å². The first-order valence-electron chi connectivity index (χ1n) is 6.72. The van der Waals surface area contributed by atoms with E-state index in [2.05, 4.69) is 60.2 Å². The summed E-state index contributed by atoms with van der Waals surface area (Å²) < 4.78 is 1.14. The van der Waals surface area contributed by atoms with Crippen molar-refractivity contribution in [1.82, 2.24) is 5.32 Å². The third kappa shape index (κ3) is 4.71. The van der Waals surface area contributed by atoms with Gasteiger partial charge in [-0.3, -0.25) is 0 Å². The van der Waals surface area contributed by atoms with Crippen LogP contribution in [0, 0.1) is 12.8 Å². The van der Waals surface area contributed by atoms with E-state index in [1.807, 2.05) is 0 Å². The van der Waals surface area contributed by atoms with Crippen LogP contribution in [0.2, 0.25) is 0 Å². The lowest BCUT2D eigenvalue weighted by Crippen LogP contribution is -2.32. The Morgan fingerprint density at radius 3 is 2.50 bits per heavy atom. The van der Waals surface area contributed by atoms with Crippen LogP contribution < -0.4 is 5.32 Å². The van der Waals surface area contributed by atoms with Crippen molar-refractivity contribution in [3.05, 3.63) is 33.8 Å². The second-order valence-electron chi connectivity index (χ2n) is 4.86. The van der Waals surface area contributed by atoms with Gasteiger partial charge < -0.3 is 10.4 Å². The number of benzene rings is 1. The zero-order chi connectivity index (χ0) is 13.5. The van der Waals surface area contributed by atoms with E-state index in [9.17, 15) is 5.11 Å². The van der Waals surface area contributed by atoms with E-state index >= 15 is 0 Å². The third-order valence-corrected chi connectivity index (χ3v) is 4.39. The number of nitrogens with one attached hydrogen (secondary N) is 1. The summed E-state index contributed by atoms with van der Waals surface area (Å²) in [6, 6.07) is 6.35. The largest absolute Gasteiger partial charge is 0.392 e. The molecule has 1 rings (SSSR count). The van der Waals surface area contributed by atoms with E-state index in [0.717, 1.165) is 23.9 Å². The molecule has 0 aliphatic carbocycles. The highest BCUT2D eigenvalue weighted by Gasteiger charge is 2.14. The van der Waals surface area contributed by atoms with Gasteiger partial charge in [0, 0.05) is 17.6 Å². The lowest BCUT2D eigenvalue weighted by molar-refractivity contribution is 0.101. The molecule has 0 amide bonds. The highest BCUT2D eigenvalue weighted by molar-refractivity contribution is 9.10. The van der Waals surface area contributed by atoms with Gasteiger partial charge in [-0.25, -0.2) is 0 Å². The third-order valence-electron chi connectivity index (χ3n) is 3.50. The van der Waals surface area contributed by atoms with Gasteiger partial charge in [-0.05, 0) is 30.0 Å². The van der Waals surface area contributed by atoms with Crippen molar-refractivity contribution in [2.75, 3.05) is 6.54 Å². The van der Waals surface area contributed by atoms with Gasteiger partial charge >= 0.3 is 0 Å². The second kappa shape index (κ2) is 7.93. The van der Waals surface area contributed by atoms with Crippen LogP contribution in [-0.4, -0.2) is 17.8 Å².